The maximum atomic E-state index is 2.62. The molecule has 19 rings (SSSR count). The van der Waals surface area contributed by atoms with Gasteiger partial charge in [0.2, 0.25) is 0 Å². The number of para-hydroxylation sites is 2. The summed E-state index contributed by atoms with van der Waals surface area (Å²) in [6.07, 6.45) is 4.40. The van der Waals surface area contributed by atoms with Crippen molar-refractivity contribution >= 4 is 44.3 Å². The van der Waals surface area contributed by atoms with Crippen LogP contribution in [0.5, 0.6) is 0 Å². The Morgan fingerprint density at radius 3 is 0.917 bits per heavy atom. The normalized spacial score (nSPS) is 15.5. The van der Waals surface area contributed by atoms with Crippen LogP contribution in [-0.2, 0) is 23.7 Å². The minimum Gasteiger partial charge on any atom is -0.341 e. The highest BCUT2D eigenvalue weighted by Gasteiger charge is 2.53. The van der Waals surface area contributed by atoms with Gasteiger partial charge in [-0.2, -0.15) is 0 Å². The summed E-state index contributed by atoms with van der Waals surface area (Å²) in [6, 6.07) is 104. The Labute approximate surface area is 490 Å². The van der Waals surface area contributed by atoms with Crippen LogP contribution in [0.4, 0.5) is 22.7 Å². The van der Waals surface area contributed by atoms with Gasteiger partial charge in [0, 0.05) is 35.8 Å². The fourth-order valence-electron chi connectivity index (χ4n) is 17.3. The molecule has 2 heterocycles. The molecule has 2 nitrogen and oxygen atoms in total. The van der Waals surface area contributed by atoms with Crippen molar-refractivity contribution in [1.82, 2.24) is 0 Å². The smallest absolute Gasteiger partial charge is 0.0725 e. The van der Waals surface area contributed by atoms with Crippen LogP contribution in [-0.4, -0.2) is 13.1 Å². The Balaban J connectivity index is 0.931. The molecule has 0 radical (unpaired) electrons. The average Bonchev–Trinajstić information content (AvgIpc) is 1.54. The molecule has 13 aromatic carbocycles. The molecule has 0 saturated carbocycles. The first-order valence-electron chi connectivity index (χ1n) is 30.3. The summed E-state index contributed by atoms with van der Waals surface area (Å²) in [4.78, 5) is 5.18. The zero-order chi connectivity index (χ0) is 54.8. The molecule has 6 aliphatic rings. The van der Waals surface area contributed by atoms with Crippen LogP contribution < -0.4 is 9.80 Å². The fraction of sp³-hybridized carbons (Fsp3) is 0.0976. The van der Waals surface area contributed by atoms with E-state index in [0.717, 1.165) is 38.8 Å². The summed E-state index contributed by atoms with van der Waals surface area (Å²) >= 11 is 0. The second-order valence-corrected chi connectivity index (χ2v) is 24.3. The molecule has 0 bridgehead atoms. The summed E-state index contributed by atoms with van der Waals surface area (Å²) in [5.74, 6) is 0. The lowest BCUT2D eigenvalue weighted by atomic mass is 9.70. The van der Waals surface area contributed by atoms with Crippen molar-refractivity contribution in [2.45, 2.75) is 36.5 Å². The van der Waals surface area contributed by atoms with E-state index in [1.54, 1.807) is 0 Å². The zero-order valence-electron chi connectivity index (χ0n) is 46.5. The summed E-state index contributed by atoms with van der Waals surface area (Å²) in [6.45, 7) is 1.93. The van der Waals surface area contributed by atoms with Gasteiger partial charge in [0.05, 0.1) is 10.8 Å². The minimum atomic E-state index is -0.479. The van der Waals surface area contributed by atoms with E-state index in [-0.39, 0.29) is 0 Å². The Bertz CT molecular complexity index is 4580. The predicted octanol–water partition coefficient (Wildman–Crippen LogP) is 20.2. The van der Waals surface area contributed by atoms with Gasteiger partial charge in [0.1, 0.15) is 0 Å². The van der Waals surface area contributed by atoms with Gasteiger partial charge in [0.15, 0.2) is 0 Å². The number of benzene rings is 13. The van der Waals surface area contributed by atoms with Gasteiger partial charge in [-0.3, -0.25) is 0 Å². The maximum Gasteiger partial charge on any atom is 0.0725 e. The van der Waals surface area contributed by atoms with Crippen molar-refractivity contribution in [2.24, 2.45) is 0 Å². The second kappa shape index (κ2) is 17.3. The van der Waals surface area contributed by atoms with E-state index in [9.17, 15) is 0 Å². The summed E-state index contributed by atoms with van der Waals surface area (Å²) < 4.78 is 0. The Morgan fingerprint density at radius 2 is 0.560 bits per heavy atom. The van der Waals surface area contributed by atoms with Crippen molar-refractivity contribution in [3.63, 3.8) is 0 Å². The maximum absolute atomic E-state index is 2.62. The van der Waals surface area contributed by atoms with E-state index >= 15 is 0 Å². The van der Waals surface area contributed by atoms with Crippen LogP contribution in [0, 0.1) is 0 Å². The van der Waals surface area contributed by atoms with Crippen molar-refractivity contribution in [1.29, 1.82) is 0 Å². The van der Waals surface area contributed by atoms with Crippen molar-refractivity contribution in [3.8, 4) is 66.8 Å². The lowest BCUT2D eigenvalue weighted by molar-refractivity contribution is 0.767. The predicted molar refractivity (Wildman–Crippen MR) is 348 cm³/mol. The van der Waals surface area contributed by atoms with Crippen molar-refractivity contribution < 1.29 is 0 Å². The van der Waals surface area contributed by atoms with E-state index in [0.29, 0.717) is 0 Å². The molecule has 0 unspecified atom stereocenters. The third kappa shape index (κ3) is 5.99. The van der Waals surface area contributed by atoms with Gasteiger partial charge in [-0.25, -0.2) is 0 Å². The van der Waals surface area contributed by atoms with Gasteiger partial charge in [-0.05, 0) is 218 Å². The molecule has 0 fully saturated rings. The SMILES string of the molecule is c1ccc2c(c1)CCCN2c1ccc2c(-c3ccc4c(c3)C3(c5ccccc5-c5ccccc53)c3ccccc3-4)c3cc(N4CCCc5ccccc54)ccc3c(-c3ccc4c(c3)C3(c5ccccc5-c5ccccc53)c3ccccc3-4)c2c1. The average molecular weight is 1070 g/mol. The molecule has 13 aromatic rings. The van der Waals surface area contributed by atoms with Gasteiger partial charge in [-0.1, -0.05) is 218 Å². The highest BCUT2D eigenvalue weighted by atomic mass is 15.1. The quantitative estimate of drug-likeness (QED) is 0.162. The minimum absolute atomic E-state index is 0.479. The molecule has 0 saturated heterocycles. The zero-order valence-corrected chi connectivity index (χ0v) is 46.5. The first-order valence-corrected chi connectivity index (χ1v) is 30.3. The summed E-state index contributed by atoms with van der Waals surface area (Å²) in [5, 5.41) is 5.05. The molecule has 0 aromatic heterocycles. The van der Waals surface area contributed by atoms with Crippen LogP contribution in [0.25, 0.3) is 88.3 Å². The molecular weight excluding hydrogens is 1010 g/mol. The standard InChI is InChI=1S/C82H56N2/c1-15-35-77-51(19-1)21-17-45-83(77)55-39-43-65-67(49-55)79(53-37-41-63-61-27-7-13-33-73(61)81(75(63)47-53)69-29-9-3-23-57(69)58-24-4-10-30-70(58)81)66-44-40-56(84-46-18-22-52-20-2-16-36-78(52)84)50-68(66)80(65)54-38-42-64-62-28-8-14-34-74(62)82(76(64)48-54)71-31-11-5-25-59(71)60-26-6-12-32-72(60)82/h1-16,19-20,23-44,47-50H,17-18,21-22,45-46H2. The lowest BCUT2D eigenvalue weighted by Gasteiger charge is -2.33. The molecule has 394 valence electrons. The Morgan fingerprint density at radius 1 is 0.250 bits per heavy atom. The number of aryl methyl sites for hydroxylation is 2. The molecule has 0 N–H and O–H groups in total. The Hall–Kier alpha value is -10.0. The van der Waals surface area contributed by atoms with E-state index in [2.05, 4.69) is 277 Å². The van der Waals surface area contributed by atoms with E-state index in [4.69, 9.17) is 0 Å². The molecule has 84 heavy (non-hydrogen) atoms. The van der Waals surface area contributed by atoms with Crippen molar-refractivity contribution in [3.05, 3.63) is 323 Å². The summed E-state index contributed by atoms with van der Waals surface area (Å²) in [5.41, 5.74) is 33.4. The molecule has 0 atom stereocenters. The monoisotopic (exact) mass is 1070 g/mol. The molecule has 4 aliphatic carbocycles. The third-order valence-corrected chi connectivity index (χ3v) is 20.5. The van der Waals surface area contributed by atoms with Crippen LogP contribution >= 0.6 is 0 Å². The highest BCUT2D eigenvalue weighted by molar-refractivity contribution is 6.23. The molecular formula is C82H56N2. The van der Waals surface area contributed by atoms with Crippen molar-refractivity contribution in [2.75, 3.05) is 22.9 Å². The third-order valence-electron chi connectivity index (χ3n) is 20.5. The number of rotatable bonds is 4. The van der Waals surface area contributed by atoms with Gasteiger partial charge >= 0.3 is 0 Å². The van der Waals surface area contributed by atoms with Crippen LogP contribution in [0.2, 0.25) is 0 Å². The van der Waals surface area contributed by atoms with E-state index in [1.807, 2.05) is 0 Å². The Kier molecular flexibility index (Phi) is 9.57. The number of hydrogen-bond donors (Lipinski definition) is 0. The number of anilines is 4. The molecule has 2 aliphatic heterocycles. The second-order valence-electron chi connectivity index (χ2n) is 24.3. The van der Waals surface area contributed by atoms with Gasteiger partial charge < -0.3 is 9.80 Å². The molecule has 0 amide bonds. The lowest BCUT2D eigenvalue weighted by Crippen LogP contribution is -2.25. The molecule has 2 heteroatoms. The van der Waals surface area contributed by atoms with Crippen LogP contribution in [0.15, 0.2) is 267 Å². The van der Waals surface area contributed by atoms with Crippen LogP contribution in [0.3, 0.4) is 0 Å². The van der Waals surface area contributed by atoms with Gasteiger partial charge in [-0.15, -0.1) is 0 Å². The largest absolute Gasteiger partial charge is 0.341 e. The first kappa shape index (κ1) is 46.6. The number of hydrogen-bond acceptors (Lipinski definition) is 2. The van der Waals surface area contributed by atoms with Crippen LogP contribution in [0.1, 0.15) is 68.5 Å². The van der Waals surface area contributed by atoms with E-state index in [1.165, 1.54) is 167 Å². The number of nitrogens with zero attached hydrogens (tertiary/aromatic N) is 2. The van der Waals surface area contributed by atoms with E-state index < -0.39 is 10.8 Å². The highest BCUT2D eigenvalue weighted by Crippen LogP contribution is 2.65. The fourth-order valence-corrected chi connectivity index (χ4v) is 17.3. The number of fused-ring (bicyclic) bond motifs is 24. The van der Waals surface area contributed by atoms with Gasteiger partial charge in [0.25, 0.3) is 0 Å². The topological polar surface area (TPSA) is 6.48 Å². The first-order chi connectivity index (χ1) is 41.7. The molecule has 2 spiro atoms. The summed E-state index contributed by atoms with van der Waals surface area (Å²) in [7, 11) is 0.